The van der Waals surface area contributed by atoms with Gasteiger partial charge in [-0.05, 0) is 48.8 Å². The zero-order chi connectivity index (χ0) is 24.3. The number of amides is 1. The third-order valence-electron chi connectivity index (χ3n) is 8.16. The highest BCUT2D eigenvalue weighted by atomic mass is 16.5. The Morgan fingerprint density at radius 3 is 2.50 bits per heavy atom. The van der Waals surface area contributed by atoms with Gasteiger partial charge in [-0.25, -0.2) is 9.78 Å². The number of anilines is 1. The topological polar surface area (TPSA) is 85.7 Å². The first-order valence-corrected chi connectivity index (χ1v) is 12.0. The van der Waals surface area contributed by atoms with E-state index in [1.807, 2.05) is 33.7 Å². The molecule has 4 heterocycles. The Hall–Kier alpha value is -3.03. The molecular weight excluding hydrogens is 432 g/mol. The Labute approximate surface area is 200 Å². The lowest BCUT2D eigenvalue weighted by Gasteiger charge is -2.55. The molecule has 34 heavy (non-hydrogen) atoms. The summed E-state index contributed by atoms with van der Waals surface area (Å²) in [6.07, 6.45) is 2.87. The maximum atomic E-state index is 13.8. The molecular formula is C26H34N4O4. The second kappa shape index (κ2) is 7.75. The van der Waals surface area contributed by atoms with Gasteiger partial charge in [0.05, 0.1) is 37.3 Å². The Morgan fingerprint density at radius 2 is 1.88 bits per heavy atom. The molecule has 0 spiro atoms. The van der Waals surface area contributed by atoms with E-state index in [-0.39, 0.29) is 28.0 Å². The maximum absolute atomic E-state index is 13.8. The lowest BCUT2D eigenvalue weighted by Crippen LogP contribution is -2.61. The molecule has 1 aromatic carbocycles. The summed E-state index contributed by atoms with van der Waals surface area (Å²) in [6.45, 7) is 8.26. The Bertz CT molecular complexity index is 1170. The average molecular weight is 467 g/mol. The number of hydrogen-bond acceptors (Lipinski definition) is 6. The summed E-state index contributed by atoms with van der Waals surface area (Å²) in [5.41, 5.74) is 0.962. The number of carbonyl (C=O) groups excluding carboxylic acids is 1. The minimum atomic E-state index is -0.374. The summed E-state index contributed by atoms with van der Waals surface area (Å²) in [7, 11) is 3.07. The number of carbonyl (C=O) groups is 1. The average Bonchev–Trinajstić information content (AvgIpc) is 3.34. The van der Waals surface area contributed by atoms with Crippen LogP contribution >= 0.6 is 0 Å². The van der Waals surface area contributed by atoms with Gasteiger partial charge in [-0.2, -0.15) is 0 Å². The normalized spacial score (nSPS) is 25.3. The fourth-order valence-electron chi connectivity index (χ4n) is 6.24. The predicted molar refractivity (Wildman–Crippen MR) is 130 cm³/mol. The summed E-state index contributed by atoms with van der Waals surface area (Å²) in [6, 6.07) is 7.79. The molecule has 3 fully saturated rings. The van der Waals surface area contributed by atoms with Crippen LogP contribution in [0.3, 0.4) is 0 Å². The molecule has 1 N–H and O–H groups in total. The molecule has 1 aromatic heterocycles. The van der Waals surface area contributed by atoms with Crippen molar-refractivity contribution >= 4 is 11.9 Å². The van der Waals surface area contributed by atoms with E-state index in [2.05, 4.69) is 26.1 Å². The number of methoxy groups -OCH3 is 2. The standard InChI is InChI=1S/C26H34N4O4/c1-24(2,3)26-14-25(15-26,16-30(26)23(32)34-5)22-28-20-19(7-6-12-27-20)21(31)29(22)13-17-8-10-18(33-4)11-9-17/h8-11,27H,6-7,12-16H2,1-5H3. The third kappa shape index (κ3) is 3.21. The van der Waals surface area contributed by atoms with E-state index in [0.29, 0.717) is 18.9 Å². The van der Waals surface area contributed by atoms with Crippen molar-refractivity contribution in [3.63, 3.8) is 0 Å². The van der Waals surface area contributed by atoms with Crippen LogP contribution in [0.15, 0.2) is 29.1 Å². The van der Waals surface area contributed by atoms with E-state index in [0.717, 1.165) is 54.9 Å². The third-order valence-corrected chi connectivity index (χ3v) is 8.16. The Kier molecular flexibility index (Phi) is 5.18. The number of hydrogen-bond donors (Lipinski definition) is 1. The number of benzene rings is 1. The molecule has 1 aliphatic carbocycles. The van der Waals surface area contributed by atoms with Crippen LogP contribution in [0.25, 0.3) is 0 Å². The van der Waals surface area contributed by atoms with Crippen LogP contribution in [0.1, 0.15) is 57.0 Å². The summed E-state index contributed by atoms with van der Waals surface area (Å²) >= 11 is 0. The van der Waals surface area contributed by atoms with Crippen molar-refractivity contribution in [2.45, 2.75) is 64.0 Å². The van der Waals surface area contributed by atoms with Gasteiger partial charge in [0, 0.05) is 13.1 Å². The van der Waals surface area contributed by atoms with Crippen molar-refractivity contribution in [3.05, 3.63) is 51.6 Å². The highest BCUT2D eigenvalue weighted by molar-refractivity contribution is 5.71. The first-order chi connectivity index (χ1) is 16.1. The van der Waals surface area contributed by atoms with Crippen molar-refractivity contribution in [1.82, 2.24) is 14.5 Å². The minimum Gasteiger partial charge on any atom is -0.497 e. The van der Waals surface area contributed by atoms with Crippen LogP contribution < -0.4 is 15.6 Å². The zero-order valence-electron chi connectivity index (χ0n) is 20.7. The van der Waals surface area contributed by atoms with Crippen molar-refractivity contribution < 1.29 is 14.3 Å². The quantitative estimate of drug-likeness (QED) is 0.742. The van der Waals surface area contributed by atoms with Gasteiger partial charge in [-0.15, -0.1) is 0 Å². The van der Waals surface area contributed by atoms with Gasteiger partial charge in [-0.3, -0.25) is 9.36 Å². The Morgan fingerprint density at radius 1 is 1.18 bits per heavy atom. The van der Waals surface area contributed by atoms with E-state index in [1.54, 1.807) is 7.11 Å². The fraction of sp³-hybridized carbons (Fsp3) is 0.577. The van der Waals surface area contributed by atoms with Gasteiger partial charge < -0.3 is 19.7 Å². The summed E-state index contributed by atoms with van der Waals surface area (Å²) in [4.78, 5) is 33.5. The van der Waals surface area contributed by atoms with Crippen LogP contribution in [0, 0.1) is 5.41 Å². The van der Waals surface area contributed by atoms with Gasteiger partial charge in [0.25, 0.3) is 5.56 Å². The van der Waals surface area contributed by atoms with E-state index < -0.39 is 0 Å². The van der Waals surface area contributed by atoms with Gasteiger partial charge in [0.15, 0.2) is 0 Å². The monoisotopic (exact) mass is 466 g/mol. The molecule has 1 saturated carbocycles. The molecule has 2 bridgehead atoms. The second-order valence-electron chi connectivity index (χ2n) is 11.0. The molecule has 2 aromatic rings. The molecule has 8 heteroatoms. The smallest absolute Gasteiger partial charge is 0.409 e. The lowest BCUT2D eigenvalue weighted by molar-refractivity contribution is -0.0115. The minimum absolute atomic E-state index is 0.0159. The Balaban J connectivity index is 1.62. The number of ether oxygens (including phenoxy) is 2. The van der Waals surface area contributed by atoms with Crippen molar-refractivity contribution in [3.8, 4) is 5.75 Å². The number of rotatable bonds is 4. The molecule has 8 nitrogen and oxygen atoms in total. The van der Waals surface area contributed by atoms with Crippen LogP contribution in [0.5, 0.6) is 5.75 Å². The molecule has 6 rings (SSSR count). The molecule has 0 radical (unpaired) electrons. The van der Waals surface area contributed by atoms with Crippen LogP contribution in [0.4, 0.5) is 10.6 Å². The molecule has 3 aliphatic heterocycles. The highest BCUT2D eigenvalue weighted by Gasteiger charge is 2.72. The summed E-state index contributed by atoms with van der Waals surface area (Å²) in [5, 5.41) is 3.35. The van der Waals surface area contributed by atoms with E-state index in [4.69, 9.17) is 14.5 Å². The van der Waals surface area contributed by atoms with Crippen LogP contribution in [-0.4, -0.2) is 53.4 Å². The molecule has 1 amide bonds. The first kappa shape index (κ1) is 22.7. The number of fused-ring (bicyclic) bond motifs is 2. The summed E-state index contributed by atoms with van der Waals surface area (Å²) < 4.78 is 12.3. The van der Waals surface area contributed by atoms with Gasteiger partial charge >= 0.3 is 6.09 Å². The summed E-state index contributed by atoms with van der Waals surface area (Å²) in [5.74, 6) is 2.25. The second-order valence-corrected chi connectivity index (χ2v) is 11.0. The van der Waals surface area contributed by atoms with E-state index in [9.17, 15) is 9.59 Å². The van der Waals surface area contributed by atoms with Crippen molar-refractivity contribution in [2.24, 2.45) is 5.41 Å². The van der Waals surface area contributed by atoms with Gasteiger partial charge in [-0.1, -0.05) is 32.9 Å². The molecule has 182 valence electrons. The lowest BCUT2D eigenvalue weighted by atomic mass is 9.53. The van der Waals surface area contributed by atoms with E-state index >= 15 is 0 Å². The van der Waals surface area contributed by atoms with Crippen LogP contribution in [0.2, 0.25) is 0 Å². The number of aromatic nitrogens is 2. The van der Waals surface area contributed by atoms with Crippen molar-refractivity contribution in [1.29, 1.82) is 0 Å². The van der Waals surface area contributed by atoms with Gasteiger partial charge in [0.2, 0.25) is 0 Å². The largest absolute Gasteiger partial charge is 0.497 e. The SMILES string of the molecule is COC(=O)N1CC2(c3nc4c(c(=O)n3Cc3ccc(OC)cc3)CCCN4)CC1(C(C)(C)C)C2. The molecule has 4 aliphatic rings. The number of nitrogens with one attached hydrogen (secondary N) is 1. The van der Waals surface area contributed by atoms with Crippen LogP contribution in [-0.2, 0) is 23.1 Å². The highest BCUT2D eigenvalue weighted by Crippen LogP contribution is 2.66. The van der Waals surface area contributed by atoms with Crippen molar-refractivity contribution in [2.75, 3.05) is 32.6 Å². The first-order valence-electron chi connectivity index (χ1n) is 12.0. The van der Waals surface area contributed by atoms with E-state index in [1.165, 1.54) is 7.11 Å². The maximum Gasteiger partial charge on any atom is 0.409 e. The molecule has 2 saturated heterocycles. The number of nitrogens with zero attached hydrogens (tertiary/aromatic N) is 3. The predicted octanol–water partition coefficient (Wildman–Crippen LogP) is 3.56. The fourth-order valence-corrected chi connectivity index (χ4v) is 6.24. The molecule has 0 atom stereocenters. The van der Waals surface area contributed by atoms with Gasteiger partial charge in [0.1, 0.15) is 17.4 Å². The molecule has 0 unspecified atom stereocenters. The zero-order valence-corrected chi connectivity index (χ0v) is 20.7.